The lowest BCUT2D eigenvalue weighted by atomic mass is 10.2. The number of aryl methyl sites for hydroxylation is 1. The highest BCUT2D eigenvalue weighted by Crippen LogP contribution is 2.11. The van der Waals surface area contributed by atoms with Gasteiger partial charge in [0.1, 0.15) is 10.6 Å². The van der Waals surface area contributed by atoms with E-state index in [4.69, 9.17) is 10.2 Å². The number of aromatic nitrogens is 1. The number of hydrogen-bond donors (Lipinski definition) is 3. The molecule has 0 aliphatic heterocycles. The molecule has 1 rings (SSSR count). The first-order chi connectivity index (χ1) is 8.62. The van der Waals surface area contributed by atoms with E-state index in [0.717, 1.165) is 6.07 Å². The van der Waals surface area contributed by atoms with E-state index in [1.807, 2.05) is 0 Å². The van der Waals surface area contributed by atoms with Crippen molar-refractivity contribution >= 4 is 21.9 Å². The summed E-state index contributed by atoms with van der Waals surface area (Å²) in [5.74, 6) is -2.33. The van der Waals surface area contributed by atoms with Gasteiger partial charge in [0.2, 0.25) is 10.0 Å². The Labute approximate surface area is 110 Å². The van der Waals surface area contributed by atoms with Crippen LogP contribution in [0.5, 0.6) is 0 Å². The quantitative estimate of drug-likeness (QED) is 0.648. The maximum Gasteiger partial charge on any atom is 0.308 e. The Hall–Kier alpha value is -1.87. The third-order valence-corrected chi connectivity index (χ3v) is 3.41. The number of carboxylic acids is 1. The van der Waals surface area contributed by atoms with Crippen molar-refractivity contribution < 1.29 is 23.1 Å². The molecule has 1 atom stereocenters. The third-order valence-electron chi connectivity index (χ3n) is 2.53. The molecule has 4 N–H and O–H groups in total. The number of carbonyl (C=O) groups excluding carboxylic acids is 1. The minimum atomic E-state index is -3.88. The fourth-order valence-corrected chi connectivity index (χ4v) is 1.92. The Bertz CT molecular complexity index is 605. The van der Waals surface area contributed by atoms with Crippen LogP contribution in [0.2, 0.25) is 0 Å². The van der Waals surface area contributed by atoms with Gasteiger partial charge in [-0.15, -0.1) is 0 Å². The first-order valence-electron chi connectivity index (χ1n) is 5.33. The van der Waals surface area contributed by atoms with E-state index in [9.17, 15) is 18.0 Å². The Morgan fingerprint density at radius 3 is 2.53 bits per heavy atom. The first kappa shape index (κ1) is 15.2. The van der Waals surface area contributed by atoms with E-state index < -0.39 is 27.8 Å². The van der Waals surface area contributed by atoms with Gasteiger partial charge in [0.05, 0.1) is 5.92 Å². The Morgan fingerprint density at radius 1 is 1.53 bits per heavy atom. The minimum absolute atomic E-state index is 0.0515. The van der Waals surface area contributed by atoms with Gasteiger partial charge in [-0.05, 0) is 6.07 Å². The van der Waals surface area contributed by atoms with Crippen molar-refractivity contribution in [2.45, 2.75) is 11.8 Å². The summed E-state index contributed by atoms with van der Waals surface area (Å²) in [4.78, 5) is 22.2. The Kier molecular flexibility index (Phi) is 4.32. The number of nitrogens with one attached hydrogen (secondary N) is 1. The molecule has 0 spiro atoms. The van der Waals surface area contributed by atoms with Crippen molar-refractivity contribution in [3.8, 4) is 0 Å². The summed E-state index contributed by atoms with van der Waals surface area (Å²) in [5.41, 5.74) is 0.0848. The molecule has 8 nitrogen and oxygen atoms in total. The number of rotatable bonds is 5. The molecule has 0 radical (unpaired) electrons. The van der Waals surface area contributed by atoms with E-state index in [0.29, 0.717) is 0 Å². The maximum atomic E-state index is 11.8. The zero-order valence-corrected chi connectivity index (χ0v) is 11.3. The smallest absolute Gasteiger partial charge is 0.308 e. The lowest BCUT2D eigenvalue weighted by Gasteiger charge is -2.08. The highest BCUT2D eigenvalue weighted by molar-refractivity contribution is 7.89. The highest BCUT2D eigenvalue weighted by atomic mass is 32.2. The number of carboxylic acid groups (broad SMARTS) is 1. The second kappa shape index (κ2) is 5.41. The second-order valence-corrected chi connectivity index (χ2v) is 5.73. The second-order valence-electron chi connectivity index (χ2n) is 4.17. The van der Waals surface area contributed by atoms with Crippen molar-refractivity contribution in [2.75, 3.05) is 6.54 Å². The van der Waals surface area contributed by atoms with Crippen LogP contribution in [-0.4, -0.2) is 36.5 Å². The fourth-order valence-electron chi connectivity index (χ4n) is 1.34. The summed E-state index contributed by atoms with van der Waals surface area (Å²) in [5, 5.41) is 16.0. The van der Waals surface area contributed by atoms with Gasteiger partial charge in [0, 0.05) is 19.8 Å². The van der Waals surface area contributed by atoms with Crippen LogP contribution in [0.4, 0.5) is 0 Å². The molecular formula is C10H15N3O5S. The van der Waals surface area contributed by atoms with E-state index in [-0.39, 0.29) is 17.1 Å². The van der Waals surface area contributed by atoms with Gasteiger partial charge in [-0.3, -0.25) is 9.59 Å². The topological polar surface area (TPSA) is 131 Å². The van der Waals surface area contributed by atoms with E-state index in [2.05, 4.69) is 5.32 Å². The molecule has 0 aromatic carbocycles. The molecule has 0 aliphatic carbocycles. The standard InChI is InChI=1S/C10H15N3O5S/c1-6(10(15)16)4-12-9(14)8-3-7(5-13(8)2)19(11,17)18/h3,5-6H,4H2,1-2H3,(H,12,14)(H,15,16)(H2,11,17,18). The maximum absolute atomic E-state index is 11.8. The van der Waals surface area contributed by atoms with E-state index >= 15 is 0 Å². The van der Waals surface area contributed by atoms with Gasteiger partial charge in [-0.1, -0.05) is 6.92 Å². The Morgan fingerprint density at radius 2 is 2.11 bits per heavy atom. The number of hydrogen-bond acceptors (Lipinski definition) is 4. The molecule has 19 heavy (non-hydrogen) atoms. The van der Waals surface area contributed by atoms with Crippen molar-refractivity contribution in [3.05, 3.63) is 18.0 Å². The largest absolute Gasteiger partial charge is 0.481 e. The molecule has 9 heteroatoms. The van der Waals surface area contributed by atoms with Crippen LogP contribution in [0.15, 0.2) is 17.2 Å². The number of sulfonamides is 1. The summed E-state index contributed by atoms with van der Waals surface area (Å²) in [6.07, 6.45) is 1.21. The van der Waals surface area contributed by atoms with Crippen LogP contribution in [0.25, 0.3) is 0 Å². The number of aliphatic carboxylic acids is 1. The highest BCUT2D eigenvalue weighted by Gasteiger charge is 2.18. The number of primary sulfonamides is 1. The molecule has 0 fully saturated rings. The van der Waals surface area contributed by atoms with Crippen molar-refractivity contribution in [1.82, 2.24) is 9.88 Å². The summed E-state index contributed by atoms with van der Waals surface area (Å²) in [7, 11) is -2.39. The first-order valence-corrected chi connectivity index (χ1v) is 6.87. The van der Waals surface area contributed by atoms with Gasteiger partial charge in [0.15, 0.2) is 0 Å². The normalized spacial score (nSPS) is 13.0. The van der Waals surface area contributed by atoms with Crippen LogP contribution in [-0.2, 0) is 21.9 Å². The summed E-state index contributed by atoms with van der Waals surface area (Å²) >= 11 is 0. The van der Waals surface area contributed by atoms with Gasteiger partial charge >= 0.3 is 5.97 Å². The molecule has 0 bridgehead atoms. The monoisotopic (exact) mass is 289 g/mol. The van der Waals surface area contributed by atoms with Crippen LogP contribution in [0, 0.1) is 5.92 Å². The van der Waals surface area contributed by atoms with Gasteiger partial charge in [0.25, 0.3) is 5.91 Å². The number of nitrogens with zero attached hydrogens (tertiary/aromatic N) is 1. The van der Waals surface area contributed by atoms with Crippen LogP contribution < -0.4 is 10.5 Å². The van der Waals surface area contributed by atoms with Crippen LogP contribution >= 0.6 is 0 Å². The molecule has 106 valence electrons. The number of amides is 1. The van der Waals surface area contributed by atoms with Crippen molar-refractivity contribution in [3.63, 3.8) is 0 Å². The lowest BCUT2D eigenvalue weighted by molar-refractivity contribution is -0.140. The molecule has 1 aromatic heterocycles. The average molecular weight is 289 g/mol. The molecule has 0 saturated heterocycles. The van der Waals surface area contributed by atoms with E-state index in [1.54, 1.807) is 0 Å². The van der Waals surface area contributed by atoms with Crippen LogP contribution in [0.1, 0.15) is 17.4 Å². The fraction of sp³-hybridized carbons (Fsp3) is 0.400. The molecule has 0 saturated carbocycles. The molecule has 1 aromatic rings. The summed E-state index contributed by atoms with van der Waals surface area (Å²) < 4.78 is 23.6. The molecule has 0 aliphatic rings. The predicted octanol–water partition coefficient (Wildman–Crippen LogP) is -0.877. The average Bonchev–Trinajstić information content (AvgIpc) is 2.67. The zero-order chi connectivity index (χ0) is 14.8. The van der Waals surface area contributed by atoms with Crippen LogP contribution in [0.3, 0.4) is 0 Å². The molecular weight excluding hydrogens is 274 g/mol. The molecule has 1 heterocycles. The predicted molar refractivity (Wildman–Crippen MR) is 65.9 cm³/mol. The summed E-state index contributed by atoms with van der Waals surface area (Å²) in [6.45, 7) is 1.40. The Balaban J connectivity index is 2.84. The van der Waals surface area contributed by atoms with Gasteiger partial charge in [-0.25, -0.2) is 13.6 Å². The summed E-state index contributed by atoms with van der Waals surface area (Å²) in [6, 6.07) is 1.14. The number of nitrogens with two attached hydrogens (primary N) is 1. The van der Waals surface area contributed by atoms with Crippen molar-refractivity contribution in [2.24, 2.45) is 18.1 Å². The van der Waals surface area contributed by atoms with Crippen molar-refractivity contribution in [1.29, 1.82) is 0 Å². The number of carbonyl (C=O) groups is 2. The van der Waals surface area contributed by atoms with E-state index in [1.165, 1.54) is 24.7 Å². The zero-order valence-electron chi connectivity index (χ0n) is 10.5. The third kappa shape index (κ3) is 3.80. The SMILES string of the molecule is CC(CNC(=O)c1cc(S(N)(=O)=O)cn1C)C(=O)O. The van der Waals surface area contributed by atoms with Gasteiger partial charge in [-0.2, -0.15) is 0 Å². The molecule has 1 unspecified atom stereocenters. The molecule has 1 amide bonds. The van der Waals surface area contributed by atoms with Gasteiger partial charge < -0.3 is 15.0 Å². The lowest BCUT2D eigenvalue weighted by Crippen LogP contribution is -2.32. The minimum Gasteiger partial charge on any atom is -0.481 e.